The molecule has 19 heavy (non-hydrogen) atoms. The van der Waals surface area contributed by atoms with Gasteiger partial charge in [0.15, 0.2) is 0 Å². The fourth-order valence-electron chi connectivity index (χ4n) is 2.22. The van der Waals surface area contributed by atoms with Crippen LogP contribution < -0.4 is 10.2 Å². The Morgan fingerprint density at radius 1 is 1.11 bits per heavy atom. The molecule has 0 saturated carbocycles. The lowest BCUT2D eigenvalue weighted by molar-refractivity contribution is 0.672. The van der Waals surface area contributed by atoms with Crippen molar-refractivity contribution >= 4 is 21.6 Å². The van der Waals surface area contributed by atoms with Gasteiger partial charge in [0.1, 0.15) is 0 Å². The van der Waals surface area contributed by atoms with Crippen molar-refractivity contribution in [2.75, 3.05) is 25.0 Å². The maximum absolute atomic E-state index is 3.61. The molecule has 0 spiro atoms. The summed E-state index contributed by atoms with van der Waals surface area (Å²) in [6.45, 7) is 7.76. The van der Waals surface area contributed by atoms with E-state index < -0.39 is 0 Å². The predicted molar refractivity (Wildman–Crippen MR) is 88.9 cm³/mol. The van der Waals surface area contributed by atoms with E-state index in [2.05, 4.69) is 58.2 Å². The zero-order chi connectivity index (χ0) is 14.1. The maximum Gasteiger partial charge on any atom is 0.0423 e. The van der Waals surface area contributed by atoms with Gasteiger partial charge in [0.2, 0.25) is 0 Å². The third kappa shape index (κ3) is 5.53. The third-order valence-electron chi connectivity index (χ3n) is 3.32. The van der Waals surface area contributed by atoms with Gasteiger partial charge >= 0.3 is 0 Å². The van der Waals surface area contributed by atoms with Crippen LogP contribution in [0.5, 0.6) is 0 Å². The Balaban J connectivity index is 2.93. The smallest absolute Gasteiger partial charge is 0.0423 e. The van der Waals surface area contributed by atoms with Gasteiger partial charge in [-0.2, -0.15) is 0 Å². The molecule has 0 radical (unpaired) electrons. The van der Waals surface area contributed by atoms with Gasteiger partial charge in [-0.15, -0.1) is 0 Å². The minimum atomic E-state index is 0.928. The van der Waals surface area contributed by atoms with Gasteiger partial charge < -0.3 is 10.2 Å². The summed E-state index contributed by atoms with van der Waals surface area (Å²) in [5.74, 6) is 0. The molecule has 1 aromatic carbocycles. The van der Waals surface area contributed by atoms with Crippen LogP contribution in [0.25, 0.3) is 0 Å². The van der Waals surface area contributed by atoms with Crippen LogP contribution in [0.1, 0.15) is 45.1 Å². The summed E-state index contributed by atoms with van der Waals surface area (Å²) in [5, 5.41) is 3.27. The van der Waals surface area contributed by atoms with Crippen LogP contribution in [0, 0.1) is 0 Å². The standard InChI is InChI=1S/C16H27BrN2/c1-4-6-10-19(11-7-5-2)16-12-15(17)9-8-14(16)13-18-3/h8-9,12,18H,4-7,10-11,13H2,1-3H3. The SMILES string of the molecule is CCCCN(CCCC)c1cc(Br)ccc1CNC. The molecule has 0 amide bonds. The molecule has 0 aliphatic heterocycles. The van der Waals surface area contributed by atoms with Gasteiger partial charge in [-0.1, -0.05) is 48.7 Å². The quantitative estimate of drug-likeness (QED) is 0.714. The Kier molecular flexibility index (Phi) is 8.15. The Labute approximate surface area is 126 Å². The lowest BCUT2D eigenvalue weighted by Gasteiger charge is -2.27. The molecule has 0 unspecified atom stereocenters. The fraction of sp³-hybridized carbons (Fsp3) is 0.625. The van der Waals surface area contributed by atoms with E-state index in [1.54, 1.807) is 0 Å². The van der Waals surface area contributed by atoms with Gasteiger partial charge in [0.05, 0.1) is 0 Å². The van der Waals surface area contributed by atoms with Crippen molar-refractivity contribution in [2.24, 2.45) is 0 Å². The van der Waals surface area contributed by atoms with E-state index in [4.69, 9.17) is 0 Å². The number of benzene rings is 1. The number of rotatable bonds is 9. The molecule has 0 bridgehead atoms. The van der Waals surface area contributed by atoms with Crippen molar-refractivity contribution in [1.29, 1.82) is 0 Å². The van der Waals surface area contributed by atoms with E-state index in [0.717, 1.165) is 19.6 Å². The van der Waals surface area contributed by atoms with E-state index in [-0.39, 0.29) is 0 Å². The molecule has 2 nitrogen and oxygen atoms in total. The van der Waals surface area contributed by atoms with Crippen LogP contribution in [0.4, 0.5) is 5.69 Å². The predicted octanol–water partition coefficient (Wildman–Crippen LogP) is 4.58. The van der Waals surface area contributed by atoms with Crippen LogP contribution in [0.3, 0.4) is 0 Å². The second kappa shape index (κ2) is 9.38. The second-order valence-corrected chi connectivity index (χ2v) is 5.91. The number of unbranched alkanes of at least 4 members (excludes halogenated alkanes) is 2. The molecule has 0 aliphatic rings. The number of halogens is 1. The average Bonchev–Trinajstić information content (AvgIpc) is 2.41. The Morgan fingerprint density at radius 3 is 2.26 bits per heavy atom. The summed E-state index contributed by atoms with van der Waals surface area (Å²) < 4.78 is 1.17. The molecule has 0 atom stereocenters. The van der Waals surface area contributed by atoms with Crippen molar-refractivity contribution in [2.45, 2.75) is 46.1 Å². The normalized spacial score (nSPS) is 10.7. The van der Waals surface area contributed by atoms with E-state index in [0.29, 0.717) is 0 Å². The largest absolute Gasteiger partial charge is 0.371 e. The van der Waals surface area contributed by atoms with Gasteiger partial charge in [-0.25, -0.2) is 0 Å². The monoisotopic (exact) mass is 326 g/mol. The highest BCUT2D eigenvalue weighted by molar-refractivity contribution is 9.10. The Bertz CT molecular complexity index is 358. The van der Waals surface area contributed by atoms with Crippen molar-refractivity contribution in [3.05, 3.63) is 28.2 Å². The minimum Gasteiger partial charge on any atom is -0.371 e. The first-order valence-corrected chi connectivity index (χ1v) is 8.20. The first-order chi connectivity index (χ1) is 9.22. The first kappa shape index (κ1) is 16.5. The summed E-state index contributed by atoms with van der Waals surface area (Å²) >= 11 is 3.61. The molecule has 1 rings (SSSR count). The fourth-order valence-corrected chi connectivity index (χ4v) is 2.57. The molecule has 0 fully saturated rings. The molecule has 0 aliphatic carbocycles. The third-order valence-corrected chi connectivity index (χ3v) is 3.81. The van der Waals surface area contributed by atoms with Crippen molar-refractivity contribution in [1.82, 2.24) is 5.32 Å². The van der Waals surface area contributed by atoms with Gasteiger partial charge in [-0.05, 0) is 37.6 Å². The average molecular weight is 327 g/mol. The minimum absolute atomic E-state index is 0.928. The van der Waals surface area contributed by atoms with Crippen molar-refractivity contribution in [3.8, 4) is 0 Å². The number of anilines is 1. The number of hydrogen-bond donors (Lipinski definition) is 1. The van der Waals surface area contributed by atoms with E-state index >= 15 is 0 Å². The lowest BCUT2D eigenvalue weighted by Crippen LogP contribution is -2.27. The summed E-state index contributed by atoms with van der Waals surface area (Å²) in [6.07, 6.45) is 5.01. The van der Waals surface area contributed by atoms with Crippen LogP contribution >= 0.6 is 15.9 Å². The summed E-state index contributed by atoms with van der Waals surface area (Å²) in [5.41, 5.74) is 2.77. The van der Waals surface area contributed by atoms with Crippen molar-refractivity contribution in [3.63, 3.8) is 0 Å². The van der Waals surface area contributed by atoms with Crippen LogP contribution in [0.2, 0.25) is 0 Å². The Morgan fingerprint density at radius 2 is 1.74 bits per heavy atom. The second-order valence-electron chi connectivity index (χ2n) is 5.00. The first-order valence-electron chi connectivity index (χ1n) is 7.40. The number of nitrogens with one attached hydrogen (secondary N) is 1. The van der Waals surface area contributed by atoms with Crippen molar-refractivity contribution < 1.29 is 0 Å². The van der Waals surface area contributed by atoms with E-state index in [9.17, 15) is 0 Å². The highest BCUT2D eigenvalue weighted by Gasteiger charge is 2.11. The van der Waals surface area contributed by atoms with Gasteiger partial charge in [-0.3, -0.25) is 0 Å². The molecule has 3 heteroatoms. The van der Waals surface area contributed by atoms with Crippen LogP contribution in [-0.2, 0) is 6.54 Å². The van der Waals surface area contributed by atoms with Crippen LogP contribution in [-0.4, -0.2) is 20.1 Å². The summed E-state index contributed by atoms with van der Waals surface area (Å²) in [4.78, 5) is 2.55. The molecular weight excluding hydrogens is 300 g/mol. The molecule has 0 heterocycles. The molecule has 1 N–H and O–H groups in total. The zero-order valence-corrected chi connectivity index (χ0v) is 14.1. The molecule has 0 aromatic heterocycles. The molecule has 1 aromatic rings. The number of nitrogens with zero attached hydrogens (tertiary/aromatic N) is 1. The van der Waals surface area contributed by atoms with E-state index in [1.807, 2.05) is 7.05 Å². The molecule has 0 saturated heterocycles. The van der Waals surface area contributed by atoms with E-state index in [1.165, 1.54) is 41.4 Å². The zero-order valence-electron chi connectivity index (χ0n) is 12.5. The van der Waals surface area contributed by atoms with Gasteiger partial charge in [0.25, 0.3) is 0 Å². The highest BCUT2D eigenvalue weighted by Crippen LogP contribution is 2.26. The molecule has 108 valence electrons. The maximum atomic E-state index is 3.61. The van der Waals surface area contributed by atoms with Gasteiger partial charge in [0, 0.05) is 29.8 Å². The number of hydrogen-bond acceptors (Lipinski definition) is 2. The van der Waals surface area contributed by atoms with Crippen LogP contribution in [0.15, 0.2) is 22.7 Å². The lowest BCUT2D eigenvalue weighted by atomic mass is 10.1. The summed E-state index contributed by atoms with van der Waals surface area (Å²) in [7, 11) is 2.01. The Hall–Kier alpha value is -0.540. The summed E-state index contributed by atoms with van der Waals surface area (Å²) in [6, 6.07) is 6.62. The molecular formula is C16H27BrN2. The topological polar surface area (TPSA) is 15.3 Å². The highest BCUT2D eigenvalue weighted by atomic mass is 79.9.